The fourth-order valence-corrected chi connectivity index (χ4v) is 2.68. The van der Waals surface area contributed by atoms with Crippen molar-refractivity contribution in [2.45, 2.75) is 32.9 Å². The number of aromatic nitrogens is 3. The van der Waals surface area contributed by atoms with Gasteiger partial charge in [0.05, 0.1) is 11.4 Å². The second-order valence-corrected chi connectivity index (χ2v) is 5.94. The molecule has 1 amide bonds. The standard InChI is InChI=1S/C19H20N4O2/c1-3-14-6-8-15(9-7-14)13(2)22-17(24)11-23-12-21-18-16(19(23)25)5-4-10-20-18/h4-10,12-13H,3,11H2,1-2H3,(H,22,24). The second kappa shape index (κ2) is 7.25. The number of fused-ring (bicyclic) bond motifs is 1. The van der Waals surface area contributed by atoms with Gasteiger partial charge in [0.15, 0.2) is 5.65 Å². The van der Waals surface area contributed by atoms with E-state index in [-0.39, 0.29) is 24.1 Å². The first-order valence-corrected chi connectivity index (χ1v) is 8.27. The van der Waals surface area contributed by atoms with Crippen molar-refractivity contribution in [3.8, 4) is 0 Å². The normalized spacial score (nSPS) is 12.1. The Bertz CT molecular complexity index is 948. The Labute approximate surface area is 145 Å². The average molecular weight is 336 g/mol. The van der Waals surface area contributed by atoms with Gasteiger partial charge in [0.2, 0.25) is 5.91 Å². The van der Waals surface area contributed by atoms with E-state index in [0.29, 0.717) is 11.0 Å². The highest BCUT2D eigenvalue weighted by molar-refractivity contribution is 5.77. The van der Waals surface area contributed by atoms with E-state index in [1.54, 1.807) is 18.3 Å². The summed E-state index contributed by atoms with van der Waals surface area (Å²) in [6.45, 7) is 3.95. The van der Waals surface area contributed by atoms with E-state index < -0.39 is 0 Å². The molecule has 1 unspecified atom stereocenters. The zero-order valence-electron chi connectivity index (χ0n) is 14.3. The summed E-state index contributed by atoms with van der Waals surface area (Å²) in [5, 5.41) is 3.32. The third-order valence-electron chi connectivity index (χ3n) is 4.18. The van der Waals surface area contributed by atoms with E-state index in [9.17, 15) is 9.59 Å². The van der Waals surface area contributed by atoms with Crippen LogP contribution in [-0.2, 0) is 17.8 Å². The summed E-state index contributed by atoms with van der Waals surface area (Å²) in [5.74, 6) is -0.237. The van der Waals surface area contributed by atoms with E-state index >= 15 is 0 Å². The zero-order valence-corrected chi connectivity index (χ0v) is 14.3. The third kappa shape index (κ3) is 3.74. The number of hydrogen-bond donors (Lipinski definition) is 1. The summed E-state index contributed by atoms with van der Waals surface area (Å²) in [4.78, 5) is 32.8. The Balaban J connectivity index is 1.71. The minimum absolute atomic E-state index is 0.0753. The molecule has 128 valence electrons. The second-order valence-electron chi connectivity index (χ2n) is 5.94. The number of benzene rings is 1. The van der Waals surface area contributed by atoms with Crippen LogP contribution in [0, 0.1) is 0 Å². The van der Waals surface area contributed by atoms with E-state index in [1.165, 1.54) is 16.5 Å². The molecular weight excluding hydrogens is 316 g/mol. The number of nitrogens with one attached hydrogen (secondary N) is 1. The van der Waals surface area contributed by atoms with Crippen LogP contribution >= 0.6 is 0 Å². The maximum absolute atomic E-state index is 12.4. The zero-order chi connectivity index (χ0) is 17.8. The number of pyridine rings is 1. The molecule has 6 heteroatoms. The van der Waals surface area contributed by atoms with Gasteiger partial charge >= 0.3 is 0 Å². The third-order valence-corrected chi connectivity index (χ3v) is 4.18. The monoisotopic (exact) mass is 336 g/mol. The molecule has 3 rings (SSSR count). The first-order valence-electron chi connectivity index (χ1n) is 8.27. The van der Waals surface area contributed by atoms with Crippen LogP contribution in [0.3, 0.4) is 0 Å². The maximum atomic E-state index is 12.4. The summed E-state index contributed by atoms with van der Waals surface area (Å²) in [6.07, 6.45) is 3.92. The number of amides is 1. The predicted molar refractivity (Wildman–Crippen MR) is 96.2 cm³/mol. The molecule has 1 atom stereocenters. The number of carbonyl (C=O) groups is 1. The summed E-state index contributed by atoms with van der Waals surface area (Å²) in [6, 6.07) is 11.3. The van der Waals surface area contributed by atoms with Crippen molar-refractivity contribution < 1.29 is 4.79 Å². The molecule has 1 N–H and O–H groups in total. The first kappa shape index (κ1) is 16.8. The van der Waals surface area contributed by atoms with Gasteiger partial charge in [-0.15, -0.1) is 0 Å². The van der Waals surface area contributed by atoms with Gasteiger partial charge in [0, 0.05) is 6.20 Å². The van der Waals surface area contributed by atoms with Crippen molar-refractivity contribution in [2.24, 2.45) is 0 Å². The van der Waals surface area contributed by atoms with E-state index in [2.05, 4.69) is 34.3 Å². The molecule has 0 saturated carbocycles. The Morgan fingerprint density at radius 2 is 1.96 bits per heavy atom. The molecule has 0 radical (unpaired) electrons. The van der Waals surface area contributed by atoms with Crippen LogP contribution in [0.15, 0.2) is 53.7 Å². The molecular formula is C19H20N4O2. The molecule has 2 heterocycles. The highest BCUT2D eigenvalue weighted by atomic mass is 16.2. The number of carbonyl (C=O) groups excluding carboxylic acids is 1. The van der Waals surface area contributed by atoms with Gasteiger partial charge in [0.1, 0.15) is 12.9 Å². The van der Waals surface area contributed by atoms with Gasteiger partial charge in [-0.3, -0.25) is 14.2 Å². The Morgan fingerprint density at radius 3 is 2.68 bits per heavy atom. The maximum Gasteiger partial charge on any atom is 0.263 e. The van der Waals surface area contributed by atoms with E-state index in [0.717, 1.165) is 12.0 Å². The van der Waals surface area contributed by atoms with Crippen molar-refractivity contribution >= 4 is 16.9 Å². The molecule has 2 aromatic heterocycles. The average Bonchev–Trinajstić information content (AvgIpc) is 2.64. The Morgan fingerprint density at radius 1 is 1.20 bits per heavy atom. The quantitative estimate of drug-likeness (QED) is 0.775. The van der Waals surface area contributed by atoms with Crippen LogP contribution in [0.4, 0.5) is 0 Å². The molecule has 0 aliphatic carbocycles. The number of aryl methyl sites for hydroxylation is 1. The smallest absolute Gasteiger partial charge is 0.263 e. The molecule has 3 aromatic rings. The molecule has 0 spiro atoms. The number of nitrogens with zero attached hydrogens (tertiary/aromatic N) is 3. The molecule has 25 heavy (non-hydrogen) atoms. The molecule has 0 bridgehead atoms. The summed E-state index contributed by atoms with van der Waals surface area (Å²) >= 11 is 0. The van der Waals surface area contributed by atoms with E-state index in [1.807, 2.05) is 19.1 Å². The van der Waals surface area contributed by atoms with Crippen molar-refractivity contribution in [2.75, 3.05) is 0 Å². The van der Waals surface area contributed by atoms with Gasteiger partial charge in [-0.2, -0.15) is 0 Å². The topological polar surface area (TPSA) is 76.9 Å². The molecule has 0 aliphatic rings. The number of rotatable bonds is 5. The fourth-order valence-electron chi connectivity index (χ4n) is 2.68. The lowest BCUT2D eigenvalue weighted by atomic mass is 10.1. The van der Waals surface area contributed by atoms with Gasteiger partial charge in [-0.25, -0.2) is 9.97 Å². The summed E-state index contributed by atoms with van der Waals surface area (Å²) in [5.41, 5.74) is 2.39. The minimum Gasteiger partial charge on any atom is -0.348 e. The first-order chi connectivity index (χ1) is 12.1. The molecule has 6 nitrogen and oxygen atoms in total. The van der Waals surface area contributed by atoms with Gasteiger partial charge in [-0.1, -0.05) is 31.2 Å². The lowest BCUT2D eigenvalue weighted by molar-refractivity contribution is -0.122. The van der Waals surface area contributed by atoms with Crippen LogP contribution < -0.4 is 10.9 Å². The molecule has 0 fully saturated rings. The molecule has 0 saturated heterocycles. The number of hydrogen-bond acceptors (Lipinski definition) is 4. The summed E-state index contributed by atoms with van der Waals surface area (Å²) in [7, 11) is 0. The van der Waals surface area contributed by atoms with Crippen molar-refractivity contribution in [1.29, 1.82) is 0 Å². The largest absolute Gasteiger partial charge is 0.348 e. The van der Waals surface area contributed by atoms with Crippen LogP contribution in [0.2, 0.25) is 0 Å². The lowest BCUT2D eigenvalue weighted by Crippen LogP contribution is -2.34. The fraction of sp³-hybridized carbons (Fsp3) is 0.263. The molecule has 1 aromatic carbocycles. The van der Waals surface area contributed by atoms with Gasteiger partial charge < -0.3 is 5.32 Å². The van der Waals surface area contributed by atoms with Crippen molar-refractivity contribution in [3.63, 3.8) is 0 Å². The van der Waals surface area contributed by atoms with Gasteiger partial charge in [-0.05, 0) is 36.6 Å². The van der Waals surface area contributed by atoms with Crippen LogP contribution in [0.25, 0.3) is 11.0 Å². The van der Waals surface area contributed by atoms with Gasteiger partial charge in [0.25, 0.3) is 5.56 Å². The lowest BCUT2D eigenvalue weighted by Gasteiger charge is -2.15. The van der Waals surface area contributed by atoms with E-state index in [4.69, 9.17) is 0 Å². The summed E-state index contributed by atoms with van der Waals surface area (Å²) < 4.78 is 1.30. The highest BCUT2D eigenvalue weighted by Gasteiger charge is 2.12. The molecule has 0 aliphatic heterocycles. The van der Waals surface area contributed by atoms with Crippen molar-refractivity contribution in [3.05, 3.63) is 70.4 Å². The SMILES string of the molecule is CCc1ccc(C(C)NC(=O)Cn2cnc3ncccc3c2=O)cc1. The Kier molecular flexibility index (Phi) is 4.88. The predicted octanol–water partition coefficient (Wildman–Crippen LogP) is 2.23. The Hall–Kier alpha value is -3.02. The minimum atomic E-state index is -0.270. The van der Waals surface area contributed by atoms with Crippen molar-refractivity contribution in [1.82, 2.24) is 19.9 Å². The van der Waals surface area contributed by atoms with Crippen LogP contribution in [0.5, 0.6) is 0 Å². The highest BCUT2D eigenvalue weighted by Crippen LogP contribution is 2.13. The van der Waals surface area contributed by atoms with Crippen LogP contribution in [0.1, 0.15) is 31.0 Å². The van der Waals surface area contributed by atoms with Crippen LogP contribution in [-0.4, -0.2) is 20.4 Å².